The highest BCUT2D eigenvalue weighted by molar-refractivity contribution is 7.59. The van der Waals surface area contributed by atoms with Crippen LogP contribution in [0, 0.1) is 18.8 Å². The molecular formula is C33H35NO3S2. The molecule has 3 aromatic carbocycles. The van der Waals surface area contributed by atoms with Gasteiger partial charge in [0.1, 0.15) is 12.4 Å². The summed E-state index contributed by atoms with van der Waals surface area (Å²) in [6.45, 7) is 6.63. The van der Waals surface area contributed by atoms with Crippen molar-refractivity contribution in [3.8, 4) is 28.7 Å². The van der Waals surface area contributed by atoms with Crippen molar-refractivity contribution in [3.05, 3.63) is 88.3 Å². The molecule has 1 fully saturated rings. The first-order valence-electron chi connectivity index (χ1n) is 13.2. The number of carboxylic acid groups (broad SMARTS) is 1. The number of fused-ring (bicyclic) bond motifs is 1. The van der Waals surface area contributed by atoms with Gasteiger partial charge in [0, 0.05) is 15.6 Å². The van der Waals surface area contributed by atoms with E-state index in [1.807, 2.05) is 24.3 Å². The lowest BCUT2D eigenvalue weighted by Crippen LogP contribution is -2.26. The molecule has 202 valence electrons. The van der Waals surface area contributed by atoms with E-state index >= 15 is 0 Å². The molecule has 0 bridgehead atoms. The van der Waals surface area contributed by atoms with Gasteiger partial charge in [-0.1, -0.05) is 42.3 Å². The van der Waals surface area contributed by atoms with E-state index in [4.69, 9.17) is 4.74 Å². The number of ether oxygens (including phenoxy) is 1. The van der Waals surface area contributed by atoms with Crippen LogP contribution in [-0.4, -0.2) is 24.2 Å². The molecule has 1 saturated heterocycles. The Labute approximate surface area is 241 Å². The summed E-state index contributed by atoms with van der Waals surface area (Å²) in [4.78, 5) is 11.2. The van der Waals surface area contributed by atoms with Crippen LogP contribution in [0.15, 0.2) is 66.0 Å². The van der Waals surface area contributed by atoms with Crippen LogP contribution in [0.4, 0.5) is 0 Å². The molecule has 0 amide bonds. The van der Waals surface area contributed by atoms with E-state index in [9.17, 15) is 9.90 Å². The van der Waals surface area contributed by atoms with Gasteiger partial charge in [-0.15, -0.1) is 17.3 Å². The minimum absolute atomic E-state index is 0. The molecule has 5 rings (SSSR count). The quantitative estimate of drug-likeness (QED) is 0.219. The SMILES string of the molecule is CC#C[C@@H](CC(=O)O)c1ccc(OCc2ccc3scc(-c4ccc(C5CCNCC5)cc4C)c3c2)cc1.S. The van der Waals surface area contributed by atoms with Gasteiger partial charge in [0.25, 0.3) is 0 Å². The molecule has 0 unspecified atom stereocenters. The van der Waals surface area contributed by atoms with Crippen molar-refractivity contribution in [3.63, 3.8) is 0 Å². The Kier molecular flexibility index (Phi) is 9.74. The van der Waals surface area contributed by atoms with E-state index in [-0.39, 0.29) is 25.8 Å². The zero-order valence-electron chi connectivity index (χ0n) is 22.4. The van der Waals surface area contributed by atoms with Crippen LogP contribution in [0.25, 0.3) is 21.2 Å². The van der Waals surface area contributed by atoms with Gasteiger partial charge in [0.05, 0.1) is 12.3 Å². The summed E-state index contributed by atoms with van der Waals surface area (Å²) < 4.78 is 7.37. The minimum atomic E-state index is -0.853. The zero-order chi connectivity index (χ0) is 26.5. The number of nitrogens with one attached hydrogen (secondary N) is 1. The Morgan fingerprint density at radius 1 is 1.08 bits per heavy atom. The van der Waals surface area contributed by atoms with E-state index in [1.54, 1.807) is 18.3 Å². The Morgan fingerprint density at radius 2 is 1.85 bits per heavy atom. The van der Waals surface area contributed by atoms with Crippen molar-refractivity contribution in [2.45, 2.75) is 51.6 Å². The number of piperidine rings is 1. The van der Waals surface area contributed by atoms with Crippen molar-refractivity contribution >= 4 is 40.9 Å². The number of carbonyl (C=O) groups is 1. The van der Waals surface area contributed by atoms with Crippen molar-refractivity contribution in [2.24, 2.45) is 0 Å². The Balaban J connectivity index is 0.00000353. The molecule has 1 atom stereocenters. The van der Waals surface area contributed by atoms with Crippen molar-refractivity contribution < 1.29 is 14.6 Å². The predicted octanol–water partition coefficient (Wildman–Crippen LogP) is 7.62. The Hall–Kier alpha value is -3.24. The van der Waals surface area contributed by atoms with Gasteiger partial charge >= 0.3 is 5.97 Å². The first-order valence-corrected chi connectivity index (χ1v) is 14.1. The monoisotopic (exact) mass is 557 g/mol. The second-order valence-electron chi connectivity index (χ2n) is 9.98. The van der Waals surface area contributed by atoms with Gasteiger partial charge in [0.2, 0.25) is 0 Å². The van der Waals surface area contributed by atoms with Crippen molar-refractivity contribution in [2.75, 3.05) is 13.1 Å². The molecule has 0 saturated carbocycles. The highest BCUT2D eigenvalue weighted by Crippen LogP contribution is 2.38. The first-order chi connectivity index (χ1) is 18.5. The maximum Gasteiger partial charge on any atom is 0.304 e. The van der Waals surface area contributed by atoms with E-state index in [2.05, 4.69) is 65.9 Å². The number of hydrogen-bond donors (Lipinski definition) is 2. The second kappa shape index (κ2) is 13.2. The van der Waals surface area contributed by atoms with Crippen LogP contribution < -0.4 is 10.1 Å². The maximum absolute atomic E-state index is 11.2. The summed E-state index contributed by atoms with van der Waals surface area (Å²) in [6, 6.07) is 21.2. The van der Waals surface area contributed by atoms with Crippen LogP contribution in [0.5, 0.6) is 5.75 Å². The number of thiophene rings is 1. The topological polar surface area (TPSA) is 58.6 Å². The summed E-state index contributed by atoms with van der Waals surface area (Å²) in [5.41, 5.74) is 7.38. The highest BCUT2D eigenvalue weighted by atomic mass is 32.1. The minimum Gasteiger partial charge on any atom is -0.489 e. The van der Waals surface area contributed by atoms with Gasteiger partial charge in [-0.25, -0.2) is 0 Å². The lowest BCUT2D eigenvalue weighted by Gasteiger charge is -2.23. The van der Waals surface area contributed by atoms with Crippen LogP contribution in [0.2, 0.25) is 0 Å². The third-order valence-electron chi connectivity index (χ3n) is 7.37. The molecule has 1 aliphatic heterocycles. The summed E-state index contributed by atoms with van der Waals surface area (Å²) in [6.07, 6.45) is 2.41. The smallest absolute Gasteiger partial charge is 0.304 e. The summed E-state index contributed by atoms with van der Waals surface area (Å²) in [5, 5.41) is 16.2. The zero-order valence-corrected chi connectivity index (χ0v) is 24.2. The molecule has 0 spiro atoms. The molecule has 39 heavy (non-hydrogen) atoms. The molecule has 0 radical (unpaired) electrons. The Bertz CT molecular complexity index is 1490. The molecular weight excluding hydrogens is 523 g/mol. The molecule has 1 aliphatic rings. The average Bonchev–Trinajstić information content (AvgIpc) is 3.35. The van der Waals surface area contributed by atoms with Gasteiger partial charge < -0.3 is 15.2 Å². The van der Waals surface area contributed by atoms with Crippen LogP contribution in [-0.2, 0) is 11.4 Å². The number of aryl methyl sites for hydroxylation is 1. The van der Waals surface area contributed by atoms with Gasteiger partial charge in [-0.3, -0.25) is 4.79 Å². The number of benzene rings is 3. The predicted molar refractivity (Wildman–Crippen MR) is 166 cm³/mol. The number of hydrogen-bond acceptors (Lipinski definition) is 4. The average molecular weight is 558 g/mol. The van der Waals surface area contributed by atoms with Crippen LogP contribution in [0.3, 0.4) is 0 Å². The summed E-state index contributed by atoms with van der Waals surface area (Å²) in [5.74, 6) is 6.07. The first kappa shape index (κ1) is 28.8. The fourth-order valence-corrected chi connectivity index (χ4v) is 6.28. The van der Waals surface area contributed by atoms with Gasteiger partial charge in [-0.05, 0) is 103 Å². The van der Waals surface area contributed by atoms with Crippen molar-refractivity contribution in [1.82, 2.24) is 5.32 Å². The maximum atomic E-state index is 11.2. The molecule has 2 N–H and O–H groups in total. The summed E-state index contributed by atoms with van der Waals surface area (Å²) >= 11 is 1.78. The van der Waals surface area contributed by atoms with Crippen LogP contribution in [0.1, 0.15) is 60.3 Å². The van der Waals surface area contributed by atoms with Crippen molar-refractivity contribution in [1.29, 1.82) is 0 Å². The van der Waals surface area contributed by atoms with E-state index in [0.29, 0.717) is 12.5 Å². The molecule has 4 nitrogen and oxygen atoms in total. The fourth-order valence-electron chi connectivity index (χ4n) is 5.34. The highest BCUT2D eigenvalue weighted by Gasteiger charge is 2.17. The Morgan fingerprint density at radius 3 is 2.54 bits per heavy atom. The molecule has 0 aliphatic carbocycles. The second-order valence-corrected chi connectivity index (χ2v) is 10.9. The third kappa shape index (κ3) is 6.86. The normalized spacial score (nSPS) is 14.2. The van der Waals surface area contributed by atoms with E-state index in [1.165, 1.54) is 45.2 Å². The number of carboxylic acids is 1. The number of aliphatic carboxylic acids is 1. The van der Waals surface area contributed by atoms with Crippen LogP contribution >= 0.6 is 24.8 Å². The fraction of sp³-hybridized carbons (Fsp3) is 0.303. The largest absolute Gasteiger partial charge is 0.489 e. The number of rotatable bonds is 8. The molecule has 1 aromatic heterocycles. The van der Waals surface area contributed by atoms with Gasteiger partial charge in [0.15, 0.2) is 0 Å². The van der Waals surface area contributed by atoms with E-state index in [0.717, 1.165) is 30.0 Å². The lowest BCUT2D eigenvalue weighted by molar-refractivity contribution is -0.137. The molecule has 4 aromatic rings. The van der Waals surface area contributed by atoms with E-state index < -0.39 is 5.97 Å². The molecule has 6 heteroatoms. The standard InChI is InChI=1S/C33H33NO3S.H2S/c1-3-4-26(19-33(35)36)24-6-9-28(10-7-24)37-20-23-5-12-32-30(18-23)31(21-38-32)29-11-8-27(17-22(29)2)25-13-15-34-16-14-25;/h5-12,17-18,21,25-26,34H,13-16,19-20H2,1-2H3,(H,35,36);1H2/t26-;/m0./s1. The molecule has 2 heterocycles. The summed E-state index contributed by atoms with van der Waals surface area (Å²) in [7, 11) is 0. The lowest BCUT2D eigenvalue weighted by atomic mass is 9.87. The third-order valence-corrected chi connectivity index (χ3v) is 8.34. The van der Waals surface area contributed by atoms with Gasteiger partial charge in [-0.2, -0.15) is 13.5 Å².